The van der Waals surface area contributed by atoms with Gasteiger partial charge in [0.1, 0.15) is 10.2 Å². The molecule has 8 heteroatoms. The average Bonchev–Trinajstić information content (AvgIpc) is 3.18. The van der Waals surface area contributed by atoms with Gasteiger partial charge in [-0.1, -0.05) is 23.4 Å². The molecule has 2 aromatic rings. The Morgan fingerprint density at radius 2 is 2.00 bits per heavy atom. The molecule has 0 aliphatic carbocycles. The number of amides is 2. The third-order valence-corrected chi connectivity index (χ3v) is 5.38. The number of aromatic nitrogens is 2. The summed E-state index contributed by atoms with van der Waals surface area (Å²) < 4.78 is 0. The minimum Gasteiger partial charge on any atom is -0.342 e. The molecule has 0 radical (unpaired) electrons. The minimum absolute atomic E-state index is 0.0893. The van der Waals surface area contributed by atoms with Crippen LogP contribution >= 0.6 is 23.4 Å². The number of anilines is 1. The van der Waals surface area contributed by atoms with Gasteiger partial charge in [-0.2, -0.15) is 0 Å². The fourth-order valence-corrected chi connectivity index (χ4v) is 3.82. The smallest absolute Gasteiger partial charge is 0.258 e. The molecular weight excluding hydrogens is 372 g/mol. The first-order chi connectivity index (χ1) is 12.5. The van der Waals surface area contributed by atoms with Gasteiger partial charge in [-0.3, -0.25) is 9.59 Å². The molecule has 3 heterocycles. The van der Waals surface area contributed by atoms with Crippen LogP contribution in [0, 0.1) is 0 Å². The first-order valence-corrected chi connectivity index (χ1v) is 9.64. The van der Waals surface area contributed by atoms with Gasteiger partial charge in [-0.05, 0) is 44.0 Å². The number of hydrogen-bond acceptors (Lipinski definition) is 5. The number of halogens is 1. The summed E-state index contributed by atoms with van der Waals surface area (Å²) in [4.78, 5) is 35.2. The first-order valence-electron chi connectivity index (χ1n) is 8.38. The molecule has 1 aliphatic heterocycles. The standard InChI is InChI=1S/C18H19ClN4O2S/c1-12(18(25)23-9-2-3-10-23)26-17-14(5-4-8-20-17)16(24)22-13-6-7-15(19)21-11-13/h4-8,11-12H,2-3,9-10H2,1H3,(H,22,24). The second-order valence-corrected chi connectivity index (χ2v) is 7.69. The summed E-state index contributed by atoms with van der Waals surface area (Å²) >= 11 is 7.06. The van der Waals surface area contributed by atoms with Crippen molar-refractivity contribution in [2.75, 3.05) is 18.4 Å². The summed E-state index contributed by atoms with van der Waals surface area (Å²) in [6, 6.07) is 6.68. The van der Waals surface area contributed by atoms with Crippen molar-refractivity contribution in [3.8, 4) is 0 Å². The van der Waals surface area contributed by atoms with E-state index in [2.05, 4.69) is 15.3 Å². The molecule has 0 saturated carbocycles. The van der Waals surface area contributed by atoms with Crippen molar-refractivity contribution in [3.63, 3.8) is 0 Å². The topological polar surface area (TPSA) is 75.2 Å². The second kappa shape index (κ2) is 8.51. The molecule has 1 saturated heterocycles. The Balaban J connectivity index is 1.71. The van der Waals surface area contributed by atoms with Gasteiger partial charge in [0.05, 0.1) is 22.7 Å². The maximum Gasteiger partial charge on any atom is 0.258 e. The highest BCUT2D eigenvalue weighted by molar-refractivity contribution is 8.00. The zero-order valence-electron chi connectivity index (χ0n) is 14.3. The summed E-state index contributed by atoms with van der Waals surface area (Å²) in [5.74, 6) is -0.211. The van der Waals surface area contributed by atoms with E-state index in [1.165, 1.54) is 18.0 Å². The highest BCUT2D eigenvalue weighted by Crippen LogP contribution is 2.27. The summed E-state index contributed by atoms with van der Waals surface area (Å²) in [6.45, 7) is 3.47. The zero-order valence-corrected chi connectivity index (χ0v) is 15.9. The molecule has 6 nitrogen and oxygen atoms in total. The van der Waals surface area contributed by atoms with Crippen molar-refractivity contribution in [1.82, 2.24) is 14.9 Å². The Bertz CT molecular complexity index is 794. The quantitative estimate of drug-likeness (QED) is 0.624. The number of thioether (sulfide) groups is 1. The van der Waals surface area contributed by atoms with E-state index >= 15 is 0 Å². The number of likely N-dealkylation sites (tertiary alicyclic amines) is 1. The highest BCUT2D eigenvalue weighted by atomic mass is 35.5. The third kappa shape index (κ3) is 4.53. The number of carbonyl (C=O) groups excluding carboxylic acids is 2. The minimum atomic E-state index is -0.300. The summed E-state index contributed by atoms with van der Waals surface area (Å²) in [7, 11) is 0. The van der Waals surface area contributed by atoms with E-state index in [1.54, 1.807) is 30.5 Å². The molecule has 2 amide bonds. The molecule has 2 aromatic heterocycles. The number of carbonyl (C=O) groups is 2. The lowest BCUT2D eigenvalue weighted by atomic mass is 10.2. The van der Waals surface area contributed by atoms with Gasteiger partial charge in [0, 0.05) is 19.3 Å². The van der Waals surface area contributed by atoms with Crippen molar-refractivity contribution in [3.05, 3.63) is 47.4 Å². The predicted molar refractivity (Wildman–Crippen MR) is 103 cm³/mol. The first kappa shape index (κ1) is 18.7. The van der Waals surface area contributed by atoms with Crippen LogP contribution in [-0.2, 0) is 4.79 Å². The van der Waals surface area contributed by atoms with Gasteiger partial charge in [0.2, 0.25) is 5.91 Å². The van der Waals surface area contributed by atoms with Crippen LogP contribution in [0.3, 0.4) is 0 Å². The Labute approximate surface area is 161 Å². The van der Waals surface area contributed by atoms with Crippen LogP contribution in [0.25, 0.3) is 0 Å². The maximum atomic E-state index is 12.6. The van der Waals surface area contributed by atoms with Crippen molar-refractivity contribution < 1.29 is 9.59 Å². The fraction of sp³-hybridized carbons (Fsp3) is 0.333. The largest absolute Gasteiger partial charge is 0.342 e. The van der Waals surface area contributed by atoms with E-state index in [0.29, 0.717) is 21.4 Å². The molecule has 26 heavy (non-hydrogen) atoms. The normalized spacial score (nSPS) is 14.9. The lowest BCUT2D eigenvalue weighted by Gasteiger charge is -2.20. The Kier molecular flexibility index (Phi) is 6.11. The predicted octanol–water partition coefficient (Wildman–Crippen LogP) is 3.49. The van der Waals surface area contributed by atoms with Crippen LogP contribution < -0.4 is 5.32 Å². The van der Waals surface area contributed by atoms with E-state index < -0.39 is 0 Å². The summed E-state index contributed by atoms with van der Waals surface area (Å²) in [5, 5.41) is 3.37. The number of nitrogens with zero attached hydrogens (tertiary/aromatic N) is 3. The van der Waals surface area contributed by atoms with E-state index in [9.17, 15) is 9.59 Å². The van der Waals surface area contributed by atoms with Gasteiger partial charge < -0.3 is 10.2 Å². The van der Waals surface area contributed by atoms with Crippen molar-refractivity contribution in [1.29, 1.82) is 0 Å². The van der Waals surface area contributed by atoms with Crippen molar-refractivity contribution in [2.24, 2.45) is 0 Å². The van der Waals surface area contributed by atoms with Crippen LogP contribution in [0.4, 0.5) is 5.69 Å². The summed E-state index contributed by atoms with van der Waals surface area (Å²) in [5.41, 5.74) is 0.967. The van der Waals surface area contributed by atoms with E-state index in [-0.39, 0.29) is 17.1 Å². The van der Waals surface area contributed by atoms with E-state index in [1.807, 2.05) is 11.8 Å². The van der Waals surface area contributed by atoms with Crippen LogP contribution in [-0.4, -0.2) is 45.0 Å². The molecule has 1 unspecified atom stereocenters. The highest BCUT2D eigenvalue weighted by Gasteiger charge is 2.25. The molecule has 1 fully saturated rings. The molecule has 3 rings (SSSR count). The molecule has 1 aliphatic rings. The van der Waals surface area contributed by atoms with Crippen LogP contribution in [0.2, 0.25) is 5.15 Å². The molecule has 0 spiro atoms. The van der Waals surface area contributed by atoms with Crippen LogP contribution in [0.5, 0.6) is 0 Å². The zero-order chi connectivity index (χ0) is 18.5. The Hall–Kier alpha value is -2.12. The molecule has 1 atom stereocenters. The third-order valence-electron chi connectivity index (χ3n) is 4.05. The lowest BCUT2D eigenvalue weighted by molar-refractivity contribution is -0.129. The second-order valence-electron chi connectivity index (χ2n) is 5.97. The van der Waals surface area contributed by atoms with Crippen molar-refractivity contribution in [2.45, 2.75) is 30.0 Å². The molecule has 1 N–H and O–H groups in total. The van der Waals surface area contributed by atoms with Gasteiger partial charge in [0.25, 0.3) is 5.91 Å². The van der Waals surface area contributed by atoms with Crippen molar-refractivity contribution >= 4 is 40.9 Å². The Morgan fingerprint density at radius 1 is 1.23 bits per heavy atom. The van der Waals surface area contributed by atoms with Gasteiger partial charge in [0.15, 0.2) is 0 Å². The lowest BCUT2D eigenvalue weighted by Crippen LogP contribution is -2.34. The molecular formula is C18H19ClN4O2S. The molecule has 136 valence electrons. The van der Waals surface area contributed by atoms with Crippen LogP contribution in [0.15, 0.2) is 41.7 Å². The molecule has 0 aromatic carbocycles. The Morgan fingerprint density at radius 3 is 2.69 bits per heavy atom. The van der Waals surface area contributed by atoms with E-state index in [0.717, 1.165) is 25.9 Å². The van der Waals surface area contributed by atoms with Gasteiger partial charge >= 0.3 is 0 Å². The number of hydrogen-bond donors (Lipinski definition) is 1. The van der Waals surface area contributed by atoms with Gasteiger partial charge in [-0.15, -0.1) is 0 Å². The maximum absolute atomic E-state index is 12.6. The van der Waals surface area contributed by atoms with E-state index in [4.69, 9.17) is 11.6 Å². The van der Waals surface area contributed by atoms with Crippen LogP contribution in [0.1, 0.15) is 30.1 Å². The van der Waals surface area contributed by atoms with Gasteiger partial charge in [-0.25, -0.2) is 9.97 Å². The monoisotopic (exact) mass is 390 g/mol. The average molecular weight is 391 g/mol. The fourth-order valence-electron chi connectivity index (χ4n) is 2.72. The SMILES string of the molecule is CC(Sc1ncccc1C(=O)Nc1ccc(Cl)nc1)C(=O)N1CCCC1. The summed E-state index contributed by atoms with van der Waals surface area (Å²) in [6.07, 6.45) is 5.21. The number of rotatable bonds is 5. The molecule has 0 bridgehead atoms. The number of pyridine rings is 2. The number of nitrogens with one attached hydrogen (secondary N) is 1.